The minimum Gasteiger partial charge on any atom is -0.484 e. The van der Waals surface area contributed by atoms with Crippen LogP contribution in [0.1, 0.15) is 46.1 Å². The third-order valence-electron chi connectivity index (χ3n) is 3.31. The Morgan fingerprint density at radius 2 is 1.68 bits per heavy atom. The lowest BCUT2D eigenvalue weighted by Crippen LogP contribution is -2.38. The van der Waals surface area contributed by atoms with E-state index in [9.17, 15) is 4.79 Å². The van der Waals surface area contributed by atoms with E-state index in [-0.39, 0.29) is 18.6 Å². The highest BCUT2D eigenvalue weighted by molar-refractivity contribution is 5.77. The first-order valence-electron chi connectivity index (χ1n) is 6.92. The SMILES string of the molecule is CC(C)c1ccc(OCC(=O)N[C@@H](C)C(C)C)cc1. The molecule has 0 heterocycles. The number of benzene rings is 1. The van der Waals surface area contributed by atoms with Crippen molar-refractivity contribution in [3.8, 4) is 5.75 Å². The maximum atomic E-state index is 11.7. The quantitative estimate of drug-likeness (QED) is 0.854. The molecular weight excluding hydrogens is 238 g/mol. The predicted octanol–water partition coefficient (Wildman–Crippen LogP) is 3.35. The second-order valence-electron chi connectivity index (χ2n) is 5.61. The summed E-state index contributed by atoms with van der Waals surface area (Å²) >= 11 is 0. The highest BCUT2D eigenvalue weighted by Gasteiger charge is 2.11. The van der Waals surface area contributed by atoms with Gasteiger partial charge in [0.2, 0.25) is 0 Å². The summed E-state index contributed by atoms with van der Waals surface area (Å²) in [5.41, 5.74) is 1.27. The number of carbonyl (C=O) groups is 1. The van der Waals surface area contributed by atoms with Crippen LogP contribution in [0.15, 0.2) is 24.3 Å². The average Bonchev–Trinajstić information content (AvgIpc) is 2.36. The molecule has 19 heavy (non-hydrogen) atoms. The van der Waals surface area contributed by atoms with Crippen molar-refractivity contribution < 1.29 is 9.53 Å². The Labute approximate surface area is 116 Å². The molecule has 0 bridgehead atoms. The molecule has 0 spiro atoms. The number of ether oxygens (including phenoxy) is 1. The van der Waals surface area contributed by atoms with E-state index in [1.807, 2.05) is 31.2 Å². The third-order valence-corrected chi connectivity index (χ3v) is 3.31. The van der Waals surface area contributed by atoms with Gasteiger partial charge in [-0.1, -0.05) is 39.8 Å². The fourth-order valence-electron chi connectivity index (χ4n) is 1.56. The van der Waals surface area contributed by atoms with Crippen molar-refractivity contribution in [2.45, 2.75) is 46.6 Å². The van der Waals surface area contributed by atoms with Crippen LogP contribution in [0.4, 0.5) is 0 Å². The summed E-state index contributed by atoms with van der Waals surface area (Å²) in [6, 6.07) is 8.06. The van der Waals surface area contributed by atoms with Gasteiger partial charge in [-0.2, -0.15) is 0 Å². The first-order valence-corrected chi connectivity index (χ1v) is 6.92. The molecule has 0 fully saturated rings. The van der Waals surface area contributed by atoms with Gasteiger partial charge in [0.15, 0.2) is 6.61 Å². The molecule has 1 N–H and O–H groups in total. The fourth-order valence-corrected chi connectivity index (χ4v) is 1.56. The van der Waals surface area contributed by atoms with Crippen molar-refractivity contribution in [1.29, 1.82) is 0 Å². The monoisotopic (exact) mass is 263 g/mol. The van der Waals surface area contributed by atoms with E-state index in [2.05, 4.69) is 33.0 Å². The molecule has 1 aromatic carbocycles. The number of nitrogens with one attached hydrogen (secondary N) is 1. The Morgan fingerprint density at radius 1 is 1.11 bits per heavy atom. The van der Waals surface area contributed by atoms with Gasteiger partial charge in [-0.25, -0.2) is 0 Å². The van der Waals surface area contributed by atoms with E-state index < -0.39 is 0 Å². The van der Waals surface area contributed by atoms with E-state index in [0.717, 1.165) is 5.75 Å². The van der Waals surface area contributed by atoms with Gasteiger partial charge in [-0.05, 0) is 36.5 Å². The van der Waals surface area contributed by atoms with Gasteiger partial charge < -0.3 is 10.1 Å². The Hall–Kier alpha value is -1.51. The van der Waals surface area contributed by atoms with Gasteiger partial charge in [-0.3, -0.25) is 4.79 Å². The molecule has 1 amide bonds. The van der Waals surface area contributed by atoms with Crippen molar-refractivity contribution in [2.24, 2.45) is 5.92 Å². The fraction of sp³-hybridized carbons (Fsp3) is 0.562. The molecule has 0 aromatic heterocycles. The first kappa shape index (κ1) is 15.5. The summed E-state index contributed by atoms with van der Waals surface area (Å²) in [4.78, 5) is 11.7. The van der Waals surface area contributed by atoms with Crippen molar-refractivity contribution in [3.63, 3.8) is 0 Å². The molecule has 0 aliphatic heterocycles. The molecule has 0 radical (unpaired) electrons. The molecule has 3 heteroatoms. The largest absolute Gasteiger partial charge is 0.484 e. The summed E-state index contributed by atoms with van der Waals surface area (Å²) in [7, 11) is 0. The molecule has 0 unspecified atom stereocenters. The lowest BCUT2D eigenvalue weighted by molar-refractivity contribution is -0.124. The minimum absolute atomic E-state index is 0.0675. The molecule has 0 saturated carbocycles. The molecular formula is C16H25NO2. The predicted molar refractivity (Wildman–Crippen MR) is 78.5 cm³/mol. The zero-order chi connectivity index (χ0) is 14.4. The van der Waals surface area contributed by atoms with Crippen LogP contribution in [0.25, 0.3) is 0 Å². The first-order chi connectivity index (χ1) is 8.90. The zero-order valence-corrected chi connectivity index (χ0v) is 12.6. The van der Waals surface area contributed by atoms with Crippen molar-refractivity contribution >= 4 is 5.91 Å². The highest BCUT2D eigenvalue weighted by Crippen LogP contribution is 2.18. The van der Waals surface area contributed by atoms with Crippen molar-refractivity contribution in [1.82, 2.24) is 5.32 Å². The molecule has 0 aliphatic rings. The molecule has 1 atom stereocenters. The molecule has 3 nitrogen and oxygen atoms in total. The topological polar surface area (TPSA) is 38.3 Å². The molecule has 106 valence electrons. The Balaban J connectivity index is 2.42. The van der Waals surface area contributed by atoms with Crippen LogP contribution >= 0.6 is 0 Å². The van der Waals surface area contributed by atoms with Crippen LogP contribution in [-0.4, -0.2) is 18.6 Å². The smallest absolute Gasteiger partial charge is 0.258 e. The van der Waals surface area contributed by atoms with Gasteiger partial charge >= 0.3 is 0 Å². The maximum absolute atomic E-state index is 11.7. The van der Waals surface area contributed by atoms with E-state index in [0.29, 0.717) is 11.8 Å². The summed E-state index contributed by atoms with van der Waals surface area (Å²) in [5, 5.41) is 2.92. The van der Waals surface area contributed by atoms with E-state index in [4.69, 9.17) is 4.74 Å². The van der Waals surface area contributed by atoms with E-state index in [1.54, 1.807) is 0 Å². The second-order valence-corrected chi connectivity index (χ2v) is 5.61. The number of rotatable bonds is 6. The Morgan fingerprint density at radius 3 is 2.16 bits per heavy atom. The van der Waals surface area contributed by atoms with Gasteiger partial charge in [-0.15, -0.1) is 0 Å². The maximum Gasteiger partial charge on any atom is 0.258 e. The van der Waals surface area contributed by atoms with Crippen molar-refractivity contribution in [2.75, 3.05) is 6.61 Å². The number of hydrogen-bond donors (Lipinski definition) is 1. The summed E-state index contributed by atoms with van der Waals surface area (Å²) in [5.74, 6) is 1.59. The van der Waals surface area contributed by atoms with Gasteiger partial charge in [0.05, 0.1) is 0 Å². The zero-order valence-electron chi connectivity index (χ0n) is 12.6. The Bertz CT molecular complexity index is 396. The molecule has 0 aliphatic carbocycles. The van der Waals surface area contributed by atoms with Crippen molar-refractivity contribution in [3.05, 3.63) is 29.8 Å². The normalized spacial score (nSPS) is 12.6. The summed E-state index contributed by atoms with van der Waals surface area (Å²) < 4.78 is 5.47. The molecule has 1 aromatic rings. The Kier molecular flexibility index (Phi) is 5.87. The molecule has 0 saturated heterocycles. The lowest BCUT2D eigenvalue weighted by Gasteiger charge is -2.17. The number of amides is 1. The van der Waals surface area contributed by atoms with Gasteiger partial charge in [0.25, 0.3) is 5.91 Å². The van der Waals surface area contributed by atoms with Crippen LogP contribution in [0.2, 0.25) is 0 Å². The van der Waals surface area contributed by atoms with Gasteiger partial charge in [0, 0.05) is 6.04 Å². The van der Waals surface area contributed by atoms with Crippen LogP contribution < -0.4 is 10.1 Å². The van der Waals surface area contributed by atoms with Gasteiger partial charge in [0.1, 0.15) is 5.75 Å². The van der Waals surface area contributed by atoms with E-state index >= 15 is 0 Å². The van der Waals surface area contributed by atoms with Crippen LogP contribution in [0.3, 0.4) is 0 Å². The highest BCUT2D eigenvalue weighted by atomic mass is 16.5. The van der Waals surface area contributed by atoms with Crippen LogP contribution in [-0.2, 0) is 4.79 Å². The number of hydrogen-bond acceptors (Lipinski definition) is 2. The third kappa shape index (κ3) is 5.33. The minimum atomic E-state index is -0.0749. The standard InChI is InChI=1S/C16H25NO2/c1-11(2)13(5)17-16(18)10-19-15-8-6-14(7-9-15)12(3)4/h6-9,11-13H,10H2,1-5H3,(H,17,18)/t13-/m0/s1. The second kappa shape index (κ2) is 7.17. The van der Waals surface area contributed by atoms with Crippen LogP contribution in [0.5, 0.6) is 5.75 Å². The summed E-state index contributed by atoms with van der Waals surface area (Å²) in [6.07, 6.45) is 0. The molecule has 1 rings (SSSR count). The van der Waals surface area contributed by atoms with E-state index in [1.165, 1.54) is 5.56 Å². The number of carbonyl (C=O) groups excluding carboxylic acids is 1. The van der Waals surface area contributed by atoms with Crippen LogP contribution in [0, 0.1) is 5.92 Å². The summed E-state index contributed by atoms with van der Waals surface area (Å²) in [6.45, 7) is 10.5. The lowest BCUT2D eigenvalue weighted by atomic mass is 10.0. The average molecular weight is 263 g/mol.